The van der Waals surface area contributed by atoms with Crippen molar-refractivity contribution in [2.75, 3.05) is 0 Å². The second-order valence-electron chi connectivity index (χ2n) is 7.57. The van der Waals surface area contributed by atoms with E-state index < -0.39 is 5.97 Å². The first-order chi connectivity index (χ1) is 13.6. The predicted octanol–water partition coefficient (Wildman–Crippen LogP) is 6.26. The molecular weight excluding hydrogens is 348 g/mol. The van der Waals surface area contributed by atoms with E-state index in [1.165, 1.54) is 37.7 Å². The number of aryl methyl sites for hydroxylation is 1. The van der Waals surface area contributed by atoms with Gasteiger partial charge < -0.3 is 5.11 Å². The zero-order chi connectivity index (χ0) is 20.4. The number of hydrogen-bond donors (Lipinski definition) is 1. The van der Waals surface area contributed by atoms with Crippen LogP contribution in [0, 0.1) is 5.92 Å². The Morgan fingerprint density at radius 1 is 0.929 bits per heavy atom. The van der Waals surface area contributed by atoms with Gasteiger partial charge in [-0.3, -0.25) is 4.79 Å². The molecule has 0 fully saturated rings. The number of carboxylic acid groups (broad SMARTS) is 1. The summed E-state index contributed by atoms with van der Waals surface area (Å²) in [7, 11) is 0. The van der Waals surface area contributed by atoms with Crippen LogP contribution in [0.2, 0.25) is 0 Å². The van der Waals surface area contributed by atoms with E-state index in [2.05, 4.69) is 16.9 Å². The highest BCUT2D eigenvalue weighted by Crippen LogP contribution is 2.31. The smallest absolute Gasteiger partial charge is 0.307 e. The topological polar surface area (TPSA) is 63.1 Å². The molecule has 0 saturated heterocycles. The zero-order valence-electron chi connectivity index (χ0n) is 17.5. The molecule has 2 aromatic rings. The molecular formula is C24H34N2O2. The van der Waals surface area contributed by atoms with Crippen molar-refractivity contribution in [1.29, 1.82) is 0 Å². The van der Waals surface area contributed by atoms with Crippen molar-refractivity contribution in [1.82, 2.24) is 9.97 Å². The SMILES string of the molecule is CCCCCCCc1cnc(-c2ccc(C(CC)C(CC)C(=O)O)cc2)nc1. The van der Waals surface area contributed by atoms with Crippen LogP contribution in [0.3, 0.4) is 0 Å². The fourth-order valence-electron chi connectivity index (χ4n) is 3.83. The van der Waals surface area contributed by atoms with Crippen LogP contribution >= 0.6 is 0 Å². The van der Waals surface area contributed by atoms with Crippen LogP contribution in [0.5, 0.6) is 0 Å². The summed E-state index contributed by atoms with van der Waals surface area (Å²) in [5.74, 6) is -0.303. The Morgan fingerprint density at radius 2 is 1.57 bits per heavy atom. The van der Waals surface area contributed by atoms with Crippen LogP contribution in [0.4, 0.5) is 0 Å². The summed E-state index contributed by atoms with van der Waals surface area (Å²) in [5, 5.41) is 9.48. The third-order valence-corrected chi connectivity index (χ3v) is 5.55. The maximum atomic E-state index is 11.5. The molecule has 4 nitrogen and oxygen atoms in total. The Balaban J connectivity index is 2.01. The minimum absolute atomic E-state index is 0.0348. The monoisotopic (exact) mass is 382 g/mol. The summed E-state index contributed by atoms with van der Waals surface area (Å²) in [4.78, 5) is 20.6. The molecule has 4 heteroatoms. The number of unbranched alkanes of at least 4 members (excludes halogenated alkanes) is 4. The van der Waals surface area contributed by atoms with Crippen molar-refractivity contribution < 1.29 is 9.90 Å². The molecule has 2 rings (SSSR count). The number of carboxylic acids is 1. The van der Waals surface area contributed by atoms with Crippen molar-refractivity contribution in [3.05, 3.63) is 47.8 Å². The van der Waals surface area contributed by atoms with Gasteiger partial charge in [-0.25, -0.2) is 9.97 Å². The summed E-state index contributed by atoms with van der Waals surface area (Å²) in [5.41, 5.74) is 3.23. The molecule has 1 heterocycles. The van der Waals surface area contributed by atoms with Gasteiger partial charge in [-0.2, -0.15) is 0 Å². The summed E-state index contributed by atoms with van der Waals surface area (Å²) in [6, 6.07) is 8.07. The van der Waals surface area contributed by atoms with Gasteiger partial charge in [0, 0.05) is 18.0 Å². The highest BCUT2D eigenvalue weighted by atomic mass is 16.4. The third-order valence-electron chi connectivity index (χ3n) is 5.55. The Hall–Kier alpha value is -2.23. The molecule has 2 unspecified atom stereocenters. The maximum absolute atomic E-state index is 11.5. The van der Waals surface area contributed by atoms with Crippen LogP contribution in [0.25, 0.3) is 11.4 Å². The van der Waals surface area contributed by atoms with Gasteiger partial charge in [0.1, 0.15) is 0 Å². The first-order valence-electron chi connectivity index (χ1n) is 10.7. The molecule has 28 heavy (non-hydrogen) atoms. The molecule has 1 N–H and O–H groups in total. The van der Waals surface area contributed by atoms with Crippen LogP contribution in [0.1, 0.15) is 82.8 Å². The van der Waals surface area contributed by atoms with Crippen molar-refractivity contribution in [2.45, 2.75) is 78.1 Å². The third kappa shape index (κ3) is 6.15. The van der Waals surface area contributed by atoms with E-state index >= 15 is 0 Å². The second-order valence-corrected chi connectivity index (χ2v) is 7.57. The molecule has 0 amide bonds. The van der Waals surface area contributed by atoms with Crippen LogP contribution in [0.15, 0.2) is 36.7 Å². The van der Waals surface area contributed by atoms with E-state index in [9.17, 15) is 9.90 Å². The molecule has 0 bridgehead atoms. The van der Waals surface area contributed by atoms with Gasteiger partial charge in [-0.1, -0.05) is 70.7 Å². The van der Waals surface area contributed by atoms with Crippen molar-refractivity contribution in [3.63, 3.8) is 0 Å². The molecule has 0 aliphatic carbocycles. The predicted molar refractivity (Wildman–Crippen MR) is 114 cm³/mol. The summed E-state index contributed by atoms with van der Waals surface area (Å²) >= 11 is 0. The Morgan fingerprint density at radius 3 is 2.11 bits per heavy atom. The number of benzene rings is 1. The lowest BCUT2D eigenvalue weighted by atomic mass is 9.82. The van der Waals surface area contributed by atoms with E-state index in [1.807, 2.05) is 50.5 Å². The van der Waals surface area contributed by atoms with E-state index in [0.29, 0.717) is 6.42 Å². The van der Waals surface area contributed by atoms with Crippen LogP contribution < -0.4 is 0 Å². The molecule has 0 saturated carbocycles. The molecule has 0 spiro atoms. The molecule has 1 aromatic heterocycles. The first-order valence-corrected chi connectivity index (χ1v) is 10.7. The summed E-state index contributed by atoms with van der Waals surface area (Å²) in [6.07, 6.45) is 12.7. The minimum Gasteiger partial charge on any atom is -0.481 e. The van der Waals surface area contributed by atoms with Crippen molar-refractivity contribution in [2.24, 2.45) is 5.92 Å². The van der Waals surface area contributed by atoms with Gasteiger partial charge in [0.2, 0.25) is 0 Å². The molecule has 1 aromatic carbocycles. The number of aliphatic carboxylic acids is 1. The average molecular weight is 383 g/mol. The fraction of sp³-hybridized carbons (Fsp3) is 0.542. The van der Waals surface area contributed by atoms with Gasteiger partial charge in [-0.05, 0) is 42.7 Å². The molecule has 0 aliphatic rings. The molecule has 152 valence electrons. The van der Waals surface area contributed by atoms with E-state index in [-0.39, 0.29) is 11.8 Å². The largest absolute Gasteiger partial charge is 0.481 e. The summed E-state index contributed by atoms with van der Waals surface area (Å²) in [6.45, 7) is 6.22. The number of carbonyl (C=O) groups is 1. The second kappa shape index (κ2) is 11.6. The number of hydrogen-bond acceptors (Lipinski definition) is 3. The Bertz CT molecular complexity index is 710. The van der Waals surface area contributed by atoms with Crippen molar-refractivity contribution >= 4 is 5.97 Å². The summed E-state index contributed by atoms with van der Waals surface area (Å²) < 4.78 is 0. The van der Waals surface area contributed by atoms with E-state index in [0.717, 1.165) is 29.8 Å². The van der Waals surface area contributed by atoms with E-state index in [4.69, 9.17) is 0 Å². The average Bonchev–Trinajstić information content (AvgIpc) is 2.72. The first kappa shape index (κ1) is 22.1. The van der Waals surface area contributed by atoms with Gasteiger partial charge in [-0.15, -0.1) is 0 Å². The quantitative estimate of drug-likeness (QED) is 0.440. The number of rotatable bonds is 12. The van der Waals surface area contributed by atoms with Crippen molar-refractivity contribution in [3.8, 4) is 11.4 Å². The molecule has 2 atom stereocenters. The Labute approximate surface area is 169 Å². The molecule has 0 aliphatic heterocycles. The van der Waals surface area contributed by atoms with Crippen LogP contribution in [-0.2, 0) is 11.2 Å². The molecule has 0 radical (unpaired) electrons. The van der Waals surface area contributed by atoms with E-state index in [1.54, 1.807) is 0 Å². The highest BCUT2D eigenvalue weighted by molar-refractivity contribution is 5.71. The van der Waals surface area contributed by atoms with Gasteiger partial charge >= 0.3 is 5.97 Å². The van der Waals surface area contributed by atoms with Gasteiger partial charge in [0.25, 0.3) is 0 Å². The Kier molecular flexibility index (Phi) is 9.12. The maximum Gasteiger partial charge on any atom is 0.307 e. The normalized spacial score (nSPS) is 13.2. The van der Waals surface area contributed by atoms with Gasteiger partial charge in [0.15, 0.2) is 5.82 Å². The number of aromatic nitrogens is 2. The lowest BCUT2D eigenvalue weighted by Crippen LogP contribution is -2.21. The zero-order valence-corrected chi connectivity index (χ0v) is 17.5. The lowest BCUT2D eigenvalue weighted by Gasteiger charge is -2.22. The highest BCUT2D eigenvalue weighted by Gasteiger charge is 2.26. The van der Waals surface area contributed by atoms with Gasteiger partial charge in [0.05, 0.1) is 5.92 Å². The minimum atomic E-state index is -0.716. The lowest BCUT2D eigenvalue weighted by molar-refractivity contribution is -0.142. The standard InChI is InChI=1S/C24H34N2O2/c1-4-7-8-9-10-11-18-16-25-23(26-17-18)20-14-12-19(13-15-20)21(5-2)22(6-3)24(27)28/h12-17,21-22H,4-11H2,1-3H3,(H,27,28). The number of nitrogens with zero attached hydrogens (tertiary/aromatic N) is 2. The van der Waals surface area contributed by atoms with Crippen LogP contribution in [-0.4, -0.2) is 21.0 Å². The fourth-order valence-corrected chi connectivity index (χ4v) is 3.83.